The molecule has 0 amide bonds. The minimum absolute atomic E-state index is 0.459. The van der Waals surface area contributed by atoms with Gasteiger partial charge in [0.2, 0.25) is 0 Å². The molecular formula is C18H19Cl. The van der Waals surface area contributed by atoms with E-state index in [2.05, 4.69) is 50.3 Å². The van der Waals surface area contributed by atoms with Gasteiger partial charge in [-0.05, 0) is 49.8 Å². The average Bonchev–Trinajstić information content (AvgIpc) is 2.80. The summed E-state index contributed by atoms with van der Waals surface area (Å²) < 4.78 is 0. The van der Waals surface area contributed by atoms with Gasteiger partial charge in [-0.3, -0.25) is 0 Å². The number of rotatable bonds is 2. The van der Waals surface area contributed by atoms with Gasteiger partial charge in [0.05, 0.1) is 0 Å². The third-order valence-corrected chi connectivity index (χ3v) is 4.73. The second-order valence-corrected chi connectivity index (χ2v) is 6.07. The van der Waals surface area contributed by atoms with E-state index in [9.17, 15) is 0 Å². The lowest BCUT2D eigenvalue weighted by atomic mass is 9.87. The summed E-state index contributed by atoms with van der Waals surface area (Å²) in [5, 5.41) is 1.02. The van der Waals surface area contributed by atoms with E-state index in [1.54, 1.807) is 0 Å². The van der Waals surface area contributed by atoms with Gasteiger partial charge in [-0.25, -0.2) is 0 Å². The van der Waals surface area contributed by atoms with Crippen molar-refractivity contribution in [1.82, 2.24) is 0 Å². The van der Waals surface area contributed by atoms with Crippen LogP contribution in [0.25, 0.3) is 0 Å². The highest BCUT2D eigenvalue weighted by Gasteiger charge is 2.26. The highest BCUT2D eigenvalue weighted by Crippen LogP contribution is 2.42. The van der Waals surface area contributed by atoms with Gasteiger partial charge in [0.25, 0.3) is 0 Å². The van der Waals surface area contributed by atoms with E-state index in [-0.39, 0.29) is 0 Å². The fourth-order valence-corrected chi connectivity index (χ4v) is 3.34. The molecule has 1 aromatic rings. The molecule has 0 saturated carbocycles. The minimum Gasteiger partial charge on any atom is -0.0841 e. The first-order valence-electron chi connectivity index (χ1n) is 6.97. The van der Waals surface area contributed by atoms with E-state index < -0.39 is 0 Å². The lowest BCUT2D eigenvalue weighted by Gasteiger charge is -2.21. The standard InChI is InChI=1S/C18H19Cl/c1-12-3-6-14(7-4-12)11-16-10-9-15-8-5-13(2)18(19)17(15)16/h3-4,6-7,9-10,16H,5,8,11H2,1-2H3. The number of hydrogen-bond donors (Lipinski definition) is 0. The van der Waals surface area contributed by atoms with Crippen molar-refractivity contribution in [2.75, 3.05) is 0 Å². The second-order valence-electron chi connectivity index (χ2n) is 5.69. The molecule has 1 aromatic carbocycles. The molecule has 0 saturated heterocycles. The van der Waals surface area contributed by atoms with E-state index in [0.717, 1.165) is 24.3 Å². The van der Waals surface area contributed by atoms with Gasteiger partial charge in [-0.2, -0.15) is 0 Å². The summed E-state index contributed by atoms with van der Waals surface area (Å²) in [7, 11) is 0. The maximum absolute atomic E-state index is 6.54. The van der Waals surface area contributed by atoms with Crippen molar-refractivity contribution >= 4 is 11.6 Å². The fourth-order valence-electron chi connectivity index (χ4n) is 2.99. The molecule has 0 bridgehead atoms. The Morgan fingerprint density at radius 1 is 1.11 bits per heavy atom. The Morgan fingerprint density at radius 2 is 1.84 bits per heavy atom. The molecule has 2 aliphatic carbocycles. The summed E-state index contributed by atoms with van der Waals surface area (Å²) in [5.41, 5.74) is 6.88. The Kier molecular flexibility index (Phi) is 3.36. The van der Waals surface area contributed by atoms with Gasteiger partial charge in [0.1, 0.15) is 0 Å². The van der Waals surface area contributed by atoms with Crippen molar-refractivity contribution in [2.45, 2.75) is 33.1 Å². The zero-order valence-corrected chi connectivity index (χ0v) is 12.3. The van der Waals surface area contributed by atoms with Crippen molar-refractivity contribution in [1.29, 1.82) is 0 Å². The van der Waals surface area contributed by atoms with Crippen LogP contribution in [0.5, 0.6) is 0 Å². The second kappa shape index (κ2) is 5.02. The number of hydrogen-bond acceptors (Lipinski definition) is 0. The summed E-state index contributed by atoms with van der Waals surface area (Å²) in [6.45, 7) is 4.29. The van der Waals surface area contributed by atoms with Gasteiger partial charge in [-0.1, -0.05) is 59.2 Å². The lowest BCUT2D eigenvalue weighted by molar-refractivity contribution is 0.757. The Hall–Kier alpha value is -1.27. The third-order valence-electron chi connectivity index (χ3n) is 4.20. The van der Waals surface area contributed by atoms with E-state index in [0.29, 0.717) is 5.92 Å². The SMILES string of the molecule is CC1=C(Cl)C2=C(C=CC2Cc2ccc(C)cc2)CC1. The van der Waals surface area contributed by atoms with Crippen LogP contribution in [0.2, 0.25) is 0 Å². The quantitative estimate of drug-likeness (QED) is 0.682. The molecule has 0 heterocycles. The summed E-state index contributed by atoms with van der Waals surface area (Å²) in [6, 6.07) is 8.84. The molecular weight excluding hydrogens is 252 g/mol. The van der Waals surface area contributed by atoms with Crippen molar-refractivity contribution in [2.24, 2.45) is 5.92 Å². The monoisotopic (exact) mass is 270 g/mol. The van der Waals surface area contributed by atoms with E-state index in [4.69, 9.17) is 11.6 Å². The van der Waals surface area contributed by atoms with Crippen LogP contribution in [0.3, 0.4) is 0 Å². The first-order chi connectivity index (χ1) is 9.15. The smallest absolute Gasteiger partial charge is 0.0436 e. The predicted molar refractivity (Wildman–Crippen MR) is 82.3 cm³/mol. The molecule has 19 heavy (non-hydrogen) atoms. The Balaban J connectivity index is 1.85. The fraction of sp³-hybridized carbons (Fsp3) is 0.333. The molecule has 0 spiro atoms. The van der Waals surface area contributed by atoms with Crippen LogP contribution in [-0.4, -0.2) is 0 Å². The Bertz CT molecular complexity index is 585. The lowest BCUT2D eigenvalue weighted by Crippen LogP contribution is -2.08. The van der Waals surface area contributed by atoms with Crippen LogP contribution < -0.4 is 0 Å². The van der Waals surface area contributed by atoms with Crippen LogP contribution in [0.4, 0.5) is 0 Å². The number of benzene rings is 1. The van der Waals surface area contributed by atoms with Gasteiger partial charge >= 0.3 is 0 Å². The minimum atomic E-state index is 0.459. The number of allylic oxidation sites excluding steroid dienone is 6. The highest BCUT2D eigenvalue weighted by atomic mass is 35.5. The summed E-state index contributed by atoms with van der Waals surface area (Å²) in [6.07, 6.45) is 7.92. The van der Waals surface area contributed by atoms with Gasteiger partial charge in [-0.15, -0.1) is 0 Å². The zero-order valence-electron chi connectivity index (χ0n) is 11.5. The Labute approximate surface area is 120 Å². The Morgan fingerprint density at radius 3 is 2.58 bits per heavy atom. The predicted octanol–water partition coefficient (Wildman–Crippen LogP) is 5.33. The highest BCUT2D eigenvalue weighted by molar-refractivity contribution is 6.32. The van der Waals surface area contributed by atoms with E-state index in [1.165, 1.54) is 27.8 Å². The molecule has 0 nitrogen and oxygen atoms in total. The van der Waals surface area contributed by atoms with Crippen LogP contribution >= 0.6 is 11.6 Å². The van der Waals surface area contributed by atoms with Crippen molar-refractivity contribution in [3.8, 4) is 0 Å². The molecule has 0 aliphatic heterocycles. The summed E-state index contributed by atoms with van der Waals surface area (Å²) >= 11 is 6.54. The van der Waals surface area contributed by atoms with Crippen LogP contribution in [0.15, 0.2) is 58.2 Å². The molecule has 3 rings (SSSR count). The molecule has 0 N–H and O–H groups in total. The molecule has 0 fully saturated rings. The van der Waals surface area contributed by atoms with E-state index >= 15 is 0 Å². The van der Waals surface area contributed by atoms with Crippen molar-refractivity contribution < 1.29 is 0 Å². The molecule has 1 heteroatoms. The number of aryl methyl sites for hydroxylation is 1. The summed E-state index contributed by atoms with van der Waals surface area (Å²) in [5.74, 6) is 0.459. The first-order valence-corrected chi connectivity index (χ1v) is 7.35. The van der Waals surface area contributed by atoms with Gasteiger partial charge in [0, 0.05) is 11.0 Å². The maximum atomic E-state index is 6.54. The van der Waals surface area contributed by atoms with Gasteiger partial charge in [0.15, 0.2) is 0 Å². The third kappa shape index (κ3) is 2.42. The van der Waals surface area contributed by atoms with Crippen molar-refractivity contribution in [3.05, 3.63) is 69.3 Å². The molecule has 1 unspecified atom stereocenters. The summed E-state index contributed by atoms with van der Waals surface area (Å²) in [4.78, 5) is 0. The molecule has 98 valence electrons. The van der Waals surface area contributed by atoms with Crippen LogP contribution in [0, 0.1) is 12.8 Å². The number of halogens is 1. The zero-order chi connectivity index (χ0) is 13.4. The molecule has 2 aliphatic rings. The molecule has 0 radical (unpaired) electrons. The molecule has 0 aromatic heterocycles. The normalized spacial score (nSPS) is 22.2. The average molecular weight is 271 g/mol. The topological polar surface area (TPSA) is 0 Å². The van der Waals surface area contributed by atoms with E-state index in [1.807, 2.05) is 0 Å². The van der Waals surface area contributed by atoms with Crippen LogP contribution in [-0.2, 0) is 6.42 Å². The van der Waals surface area contributed by atoms with Crippen LogP contribution in [0.1, 0.15) is 30.9 Å². The van der Waals surface area contributed by atoms with Gasteiger partial charge < -0.3 is 0 Å². The maximum Gasteiger partial charge on any atom is 0.0436 e. The first kappa shape index (κ1) is 12.7. The largest absolute Gasteiger partial charge is 0.0841 e. The molecule has 1 atom stereocenters. The van der Waals surface area contributed by atoms with Crippen molar-refractivity contribution in [3.63, 3.8) is 0 Å².